The van der Waals surface area contributed by atoms with Crippen LogP contribution in [0, 0.1) is 0 Å². The first-order valence-corrected chi connectivity index (χ1v) is 7.82. The lowest BCUT2D eigenvalue weighted by Gasteiger charge is -2.16. The van der Waals surface area contributed by atoms with E-state index in [1.807, 2.05) is 0 Å². The molecular formula is C17H20F3N3O3. The number of rotatable bonds is 5. The predicted molar refractivity (Wildman–Crippen MR) is 89.4 cm³/mol. The number of carbonyl (C=O) groups is 1. The zero-order valence-corrected chi connectivity index (χ0v) is 14.9. The third-order valence-electron chi connectivity index (χ3n) is 3.40. The molecule has 9 heteroatoms. The first-order valence-electron chi connectivity index (χ1n) is 7.82. The van der Waals surface area contributed by atoms with Crippen molar-refractivity contribution in [3.63, 3.8) is 0 Å². The average Bonchev–Trinajstić information content (AvgIpc) is 2.92. The van der Waals surface area contributed by atoms with Gasteiger partial charge < -0.3 is 14.4 Å². The van der Waals surface area contributed by atoms with Crippen molar-refractivity contribution in [2.24, 2.45) is 5.10 Å². The third-order valence-corrected chi connectivity index (χ3v) is 3.40. The molecule has 1 aromatic carbocycles. The van der Waals surface area contributed by atoms with E-state index in [1.54, 1.807) is 25.8 Å². The third kappa shape index (κ3) is 4.90. The Hall–Kier alpha value is -2.71. The fourth-order valence-corrected chi connectivity index (χ4v) is 2.30. The molecule has 0 radical (unpaired) electrons. The lowest BCUT2D eigenvalue weighted by atomic mass is 10.1. The maximum absolute atomic E-state index is 13.1. The molecule has 1 aliphatic heterocycles. The van der Waals surface area contributed by atoms with Crippen molar-refractivity contribution in [3.05, 3.63) is 41.6 Å². The lowest BCUT2D eigenvalue weighted by molar-refractivity contribution is -0.141. The summed E-state index contributed by atoms with van der Waals surface area (Å²) in [6, 6.07) is 3.42. The Morgan fingerprint density at radius 1 is 1.31 bits per heavy atom. The monoisotopic (exact) mass is 371 g/mol. The highest BCUT2D eigenvalue weighted by Crippen LogP contribution is 2.33. The summed E-state index contributed by atoms with van der Waals surface area (Å²) in [5.41, 5.74) is -0.558. The van der Waals surface area contributed by atoms with Gasteiger partial charge in [-0.05, 0) is 32.0 Å². The number of carbonyl (C=O) groups excluding carboxylic acids is 1. The number of nitrogens with zero attached hydrogens (tertiary/aromatic N) is 3. The molecule has 0 spiro atoms. The number of esters is 1. The number of benzene rings is 1. The maximum Gasteiger partial charge on any atom is 0.416 e. The number of hydrogen-bond donors (Lipinski definition) is 0. The van der Waals surface area contributed by atoms with E-state index >= 15 is 0 Å². The summed E-state index contributed by atoms with van der Waals surface area (Å²) in [4.78, 5) is 13.2. The Morgan fingerprint density at radius 2 is 2.00 bits per heavy atom. The van der Waals surface area contributed by atoms with E-state index < -0.39 is 17.7 Å². The number of amidine groups is 1. The van der Waals surface area contributed by atoms with Gasteiger partial charge in [-0.1, -0.05) is 0 Å². The maximum atomic E-state index is 13.1. The van der Waals surface area contributed by atoms with E-state index in [1.165, 1.54) is 30.5 Å². The zero-order valence-electron chi connectivity index (χ0n) is 14.9. The average molecular weight is 371 g/mol. The van der Waals surface area contributed by atoms with Gasteiger partial charge in [0.05, 0.1) is 18.8 Å². The van der Waals surface area contributed by atoms with E-state index in [9.17, 15) is 18.0 Å². The number of hydrogen-bond acceptors (Lipinski definition) is 6. The highest BCUT2D eigenvalue weighted by molar-refractivity contribution is 5.99. The van der Waals surface area contributed by atoms with Crippen LogP contribution < -0.4 is 4.74 Å². The van der Waals surface area contributed by atoms with Crippen LogP contribution in [0.5, 0.6) is 5.75 Å². The van der Waals surface area contributed by atoms with Crippen LogP contribution in [0.3, 0.4) is 0 Å². The Kier molecular flexibility index (Phi) is 5.79. The molecule has 0 aromatic heterocycles. The van der Waals surface area contributed by atoms with Gasteiger partial charge in [-0.3, -0.25) is 5.01 Å². The number of hydrazone groups is 1. The quantitative estimate of drug-likeness (QED) is 0.588. The number of halogens is 3. The van der Waals surface area contributed by atoms with Crippen LogP contribution in [0.2, 0.25) is 0 Å². The normalized spacial score (nSPS) is 15.0. The van der Waals surface area contributed by atoms with Crippen LogP contribution in [0.15, 0.2) is 35.6 Å². The van der Waals surface area contributed by atoms with E-state index in [4.69, 9.17) is 9.47 Å². The molecule has 142 valence electrons. The van der Waals surface area contributed by atoms with Crippen LogP contribution in [-0.4, -0.2) is 48.6 Å². The fraction of sp³-hybridized carbons (Fsp3) is 0.412. The highest BCUT2D eigenvalue weighted by atomic mass is 19.4. The van der Waals surface area contributed by atoms with Gasteiger partial charge in [0.15, 0.2) is 5.84 Å². The molecule has 0 saturated heterocycles. The van der Waals surface area contributed by atoms with Crippen LogP contribution in [0.4, 0.5) is 13.2 Å². The van der Waals surface area contributed by atoms with Gasteiger partial charge in [0.25, 0.3) is 0 Å². The van der Waals surface area contributed by atoms with Crippen molar-refractivity contribution in [3.8, 4) is 5.75 Å². The molecule has 0 N–H and O–H groups in total. The first kappa shape index (κ1) is 19.6. The molecule has 0 atom stereocenters. The summed E-state index contributed by atoms with van der Waals surface area (Å²) in [5, 5.41) is 5.68. The second kappa shape index (κ2) is 7.67. The van der Waals surface area contributed by atoms with Gasteiger partial charge in [0, 0.05) is 24.9 Å². The summed E-state index contributed by atoms with van der Waals surface area (Å²) in [6.07, 6.45) is -2.11. The van der Waals surface area contributed by atoms with Crippen molar-refractivity contribution in [2.45, 2.75) is 26.1 Å². The van der Waals surface area contributed by atoms with Gasteiger partial charge in [0.2, 0.25) is 0 Å². The smallest absolute Gasteiger partial charge is 0.416 e. The second-order valence-corrected chi connectivity index (χ2v) is 5.95. The van der Waals surface area contributed by atoms with Crippen molar-refractivity contribution in [2.75, 3.05) is 20.8 Å². The lowest BCUT2D eigenvalue weighted by Crippen LogP contribution is -2.26. The van der Waals surface area contributed by atoms with Crippen LogP contribution in [0.1, 0.15) is 25.0 Å². The number of alkyl halides is 3. The SMILES string of the molecule is COc1cc(C2=NN(/C=C\C(=O)OC(C)C)CN2C)cc(C(F)(F)F)c1. The summed E-state index contributed by atoms with van der Waals surface area (Å²) < 4.78 is 49.2. The zero-order chi connectivity index (χ0) is 19.5. The molecule has 2 rings (SSSR count). The summed E-state index contributed by atoms with van der Waals surface area (Å²) in [6.45, 7) is 3.73. The van der Waals surface area contributed by atoms with E-state index in [2.05, 4.69) is 5.10 Å². The second-order valence-electron chi connectivity index (χ2n) is 5.95. The van der Waals surface area contributed by atoms with E-state index in [-0.39, 0.29) is 24.1 Å². The van der Waals surface area contributed by atoms with Gasteiger partial charge in [-0.25, -0.2) is 4.79 Å². The molecule has 1 heterocycles. The van der Waals surface area contributed by atoms with Crippen molar-refractivity contribution < 1.29 is 27.4 Å². The van der Waals surface area contributed by atoms with Crippen LogP contribution in [-0.2, 0) is 15.7 Å². The largest absolute Gasteiger partial charge is 0.497 e. The molecular weight excluding hydrogens is 351 g/mol. The minimum Gasteiger partial charge on any atom is -0.497 e. The topological polar surface area (TPSA) is 54.4 Å². The molecule has 0 bridgehead atoms. The van der Waals surface area contributed by atoms with Gasteiger partial charge in [-0.15, -0.1) is 0 Å². The van der Waals surface area contributed by atoms with Crippen molar-refractivity contribution in [1.82, 2.24) is 9.91 Å². The van der Waals surface area contributed by atoms with Crippen LogP contribution >= 0.6 is 0 Å². The summed E-state index contributed by atoms with van der Waals surface area (Å²) in [5.74, 6) is -0.108. The van der Waals surface area contributed by atoms with Gasteiger partial charge in [-0.2, -0.15) is 18.3 Å². The predicted octanol–water partition coefficient (Wildman–Crippen LogP) is 3.05. The number of ether oxygens (including phenoxy) is 2. The molecule has 0 amide bonds. The van der Waals surface area contributed by atoms with Crippen molar-refractivity contribution >= 4 is 11.8 Å². The van der Waals surface area contributed by atoms with Crippen molar-refractivity contribution in [1.29, 1.82) is 0 Å². The highest BCUT2D eigenvalue weighted by Gasteiger charge is 2.32. The van der Waals surface area contributed by atoms with Crippen LogP contribution in [0.25, 0.3) is 0 Å². The van der Waals surface area contributed by atoms with E-state index in [0.717, 1.165) is 12.1 Å². The van der Waals surface area contributed by atoms with Gasteiger partial charge in [0.1, 0.15) is 12.4 Å². The Bertz CT molecular complexity index is 730. The Morgan fingerprint density at radius 3 is 2.58 bits per heavy atom. The fourth-order valence-electron chi connectivity index (χ4n) is 2.30. The summed E-state index contributed by atoms with van der Waals surface area (Å²) in [7, 11) is 2.99. The molecule has 0 fully saturated rings. The minimum absolute atomic E-state index is 0.0837. The molecule has 1 aromatic rings. The standard InChI is InChI=1S/C17H20F3N3O3/c1-11(2)26-15(24)5-6-23-10-22(3)16(21-23)12-7-13(17(18,19)20)9-14(8-12)25-4/h5-9,11H,10H2,1-4H3/b6-5-. The number of methoxy groups -OCH3 is 1. The molecule has 0 aliphatic carbocycles. The molecule has 26 heavy (non-hydrogen) atoms. The van der Waals surface area contributed by atoms with Gasteiger partial charge >= 0.3 is 12.1 Å². The summed E-state index contributed by atoms with van der Waals surface area (Å²) >= 11 is 0. The molecule has 6 nitrogen and oxygen atoms in total. The minimum atomic E-state index is -4.50. The Balaban J connectivity index is 2.27. The molecule has 0 saturated carbocycles. The Labute approximate surface area is 149 Å². The molecule has 0 unspecified atom stereocenters. The van der Waals surface area contributed by atoms with E-state index in [0.29, 0.717) is 5.84 Å². The molecule has 1 aliphatic rings. The first-order chi connectivity index (χ1) is 12.1.